The van der Waals surface area contributed by atoms with E-state index < -0.39 is 5.97 Å². The Morgan fingerprint density at radius 3 is 2.50 bits per heavy atom. The molecule has 26 heavy (non-hydrogen) atoms. The smallest absolute Gasteiger partial charge is 0.374 e. The van der Waals surface area contributed by atoms with Gasteiger partial charge in [-0.1, -0.05) is 46.9 Å². The molecule has 0 saturated carbocycles. The fourth-order valence-corrected chi connectivity index (χ4v) is 2.77. The lowest BCUT2D eigenvalue weighted by Gasteiger charge is -2.06. The normalized spacial score (nSPS) is 10.6. The van der Waals surface area contributed by atoms with Crippen molar-refractivity contribution in [2.45, 2.75) is 13.2 Å². The van der Waals surface area contributed by atoms with Gasteiger partial charge in [-0.3, -0.25) is 0 Å². The van der Waals surface area contributed by atoms with Crippen LogP contribution in [-0.2, 0) is 18.0 Å². The number of rotatable bonds is 6. The fraction of sp³-hybridized carbons (Fsp3) is 0.105. The lowest BCUT2D eigenvalue weighted by molar-refractivity contribution is 0.0432. The summed E-state index contributed by atoms with van der Waals surface area (Å²) < 4.78 is 16.2. The van der Waals surface area contributed by atoms with E-state index in [1.807, 2.05) is 0 Å². The Morgan fingerprint density at radius 2 is 1.73 bits per heavy atom. The number of carbonyl (C=O) groups is 1. The molecule has 0 spiro atoms. The molecule has 4 nitrogen and oxygen atoms in total. The Morgan fingerprint density at radius 1 is 0.923 bits per heavy atom. The molecule has 0 aliphatic heterocycles. The molecule has 0 radical (unpaired) electrons. The monoisotopic (exact) mass is 410 g/mol. The van der Waals surface area contributed by atoms with Gasteiger partial charge in [0, 0.05) is 20.6 Å². The highest BCUT2D eigenvalue weighted by molar-refractivity contribution is 6.35. The molecule has 0 N–H and O–H groups in total. The molecule has 0 atom stereocenters. The second-order valence-corrected chi connectivity index (χ2v) is 6.60. The number of ether oxygens (including phenoxy) is 2. The summed E-state index contributed by atoms with van der Waals surface area (Å²) >= 11 is 17.8. The van der Waals surface area contributed by atoms with E-state index in [0.717, 1.165) is 0 Å². The molecule has 134 valence electrons. The zero-order chi connectivity index (χ0) is 18.5. The molecule has 0 unspecified atom stereocenters. The van der Waals surface area contributed by atoms with Gasteiger partial charge >= 0.3 is 5.97 Å². The van der Waals surface area contributed by atoms with E-state index >= 15 is 0 Å². The van der Waals surface area contributed by atoms with Gasteiger partial charge in [0.05, 0.1) is 0 Å². The van der Waals surface area contributed by atoms with Crippen LogP contribution in [0.1, 0.15) is 21.9 Å². The van der Waals surface area contributed by atoms with Gasteiger partial charge in [0.1, 0.15) is 24.7 Å². The van der Waals surface area contributed by atoms with E-state index in [1.54, 1.807) is 48.5 Å². The summed E-state index contributed by atoms with van der Waals surface area (Å²) in [5.41, 5.74) is 0.653. The lowest BCUT2D eigenvalue weighted by atomic mass is 10.2. The summed E-state index contributed by atoms with van der Waals surface area (Å²) in [6, 6.07) is 15.1. The molecular formula is C19H13Cl3O4. The third kappa shape index (κ3) is 4.94. The van der Waals surface area contributed by atoms with Crippen molar-refractivity contribution < 1.29 is 18.7 Å². The van der Waals surface area contributed by atoms with Crippen molar-refractivity contribution in [1.29, 1.82) is 0 Å². The molecule has 2 aromatic carbocycles. The van der Waals surface area contributed by atoms with Crippen molar-refractivity contribution in [3.05, 3.63) is 86.7 Å². The van der Waals surface area contributed by atoms with Crippen LogP contribution in [-0.4, -0.2) is 5.97 Å². The number of halogens is 3. The Kier molecular flexibility index (Phi) is 6.09. The van der Waals surface area contributed by atoms with E-state index in [1.165, 1.54) is 6.07 Å². The molecule has 3 rings (SSSR count). The maximum Gasteiger partial charge on any atom is 0.374 e. The Balaban J connectivity index is 1.55. The van der Waals surface area contributed by atoms with E-state index in [4.69, 9.17) is 48.7 Å². The number of esters is 1. The molecule has 0 fully saturated rings. The van der Waals surface area contributed by atoms with Crippen LogP contribution in [0.25, 0.3) is 0 Å². The standard InChI is InChI=1S/C19H13Cl3O4/c20-13-2-1-3-15(8-13)24-11-16-6-7-18(26-16)19(23)25-10-12-4-5-14(21)9-17(12)22/h1-9H,10-11H2. The van der Waals surface area contributed by atoms with Crippen LogP contribution in [0.2, 0.25) is 15.1 Å². The van der Waals surface area contributed by atoms with Crippen molar-refractivity contribution in [3.8, 4) is 5.75 Å². The maximum absolute atomic E-state index is 12.1. The van der Waals surface area contributed by atoms with Gasteiger partial charge < -0.3 is 13.9 Å². The van der Waals surface area contributed by atoms with Gasteiger partial charge in [-0.05, 0) is 42.5 Å². The topological polar surface area (TPSA) is 48.7 Å². The average Bonchev–Trinajstić information content (AvgIpc) is 3.08. The van der Waals surface area contributed by atoms with E-state index in [2.05, 4.69) is 0 Å². The molecule has 0 bridgehead atoms. The molecule has 1 heterocycles. The predicted molar refractivity (Wildman–Crippen MR) is 100 cm³/mol. The van der Waals surface area contributed by atoms with E-state index in [9.17, 15) is 4.79 Å². The molecular weight excluding hydrogens is 399 g/mol. The minimum Gasteiger partial charge on any atom is -0.486 e. The van der Waals surface area contributed by atoms with Gasteiger partial charge in [-0.2, -0.15) is 0 Å². The third-order valence-corrected chi connectivity index (χ3v) is 4.24. The highest BCUT2D eigenvalue weighted by atomic mass is 35.5. The Bertz CT molecular complexity index is 921. The van der Waals surface area contributed by atoms with Crippen LogP contribution in [0.4, 0.5) is 0 Å². The van der Waals surface area contributed by atoms with E-state index in [0.29, 0.717) is 32.1 Å². The summed E-state index contributed by atoms with van der Waals surface area (Å²) in [6.07, 6.45) is 0. The second kappa shape index (κ2) is 8.49. The zero-order valence-corrected chi connectivity index (χ0v) is 15.6. The zero-order valence-electron chi connectivity index (χ0n) is 13.4. The average molecular weight is 412 g/mol. The quantitative estimate of drug-likeness (QED) is 0.455. The number of furan rings is 1. The highest BCUT2D eigenvalue weighted by Gasteiger charge is 2.14. The molecule has 0 amide bonds. The van der Waals surface area contributed by atoms with Crippen LogP contribution >= 0.6 is 34.8 Å². The molecule has 3 aromatic rings. The Labute approximate surface area is 165 Å². The van der Waals surface area contributed by atoms with E-state index in [-0.39, 0.29) is 19.0 Å². The fourth-order valence-electron chi connectivity index (χ4n) is 2.13. The lowest BCUT2D eigenvalue weighted by Crippen LogP contribution is -2.04. The molecule has 0 aliphatic carbocycles. The second-order valence-electron chi connectivity index (χ2n) is 5.32. The molecule has 0 saturated heterocycles. The Hall–Kier alpha value is -2.14. The summed E-state index contributed by atoms with van der Waals surface area (Å²) in [5.74, 6) is 0.585. The predicted octanol–water partition coefficient (Wildman–Crippen LogP) is 6.18. The first-order valence-electron chi connectivity index (χ1n) is 7.59. The minimum atomic E-state index is -0.593. The molecule has 1 aromatic heterocycles. The van der Waals surface area contributed by atoms with Crippen molar-refractivity contribution in [2.75, 3.05) is 0 Å². The van der Waals surface area contributed by atoms with Crippen LogP contribution in [0, 0.1) is 0 Å². The van der Waals surface area contributed by atoms with Crippen molar-refractivity contribution in [3.63, 3.8) is 0 Å². The number of hydrogen-bond donors (Lipinski definition) is 0. The summed E-state index contributed by atoms with van der Waals surface area (Å²) in [7, 11) is 0. The molecule has 7 heteroatoms. The number of carbonyl (C=O) groups excluding carboxylic acids is 1. The number of hydrogen-bond acceptors (Lipinski definition) is 4. The van der Waals surface area contributed by atoms with Crippen LogP contribution in [0.15, 0.2) is 59.0 Å². The first kappa shape index (κ1) is 18.6. The van der Waals surface area contributed by atoms with Gasteiger partial charge in [-0.15, -0.1) is 0 Å². The first-order chi connectivity index (χ1) is 12.5. The van der Waals surface area contributed by atoms with Gasteiger partial charge in [0.15, 0.2) is 0 Å². The highest BCUT2D eigenvalue weighted by Crippen LogP contribution is 2.22. The summed E-state index contributed by atoms with van der Waals surface area (Å²) in [5, 5.41) is 1.52. The largest absolute Gasteiger partial charge is 0.486 e. The van der Waals surface area contributed by atoms with Crippen LogP contribution in [0.5, 0.6) is 5.75 Å². The van der Waals surface area contributed by atoms with Gasteiger partial charge in [-0.25, -0.2) is 4.79 Å². The van der Waals surface area contributed by atoms with Crippen LogP contribution in [0.3, 0.4) is 0 Å². The van der Waals surface area contributed by atoms with Gasteiger partial charge in [0.2, 0.25) is 5.76 Å². The minimum absolute atomic E-state index is 0.0177. The van der Waals surface area contributed by atoms with Crippen molar-refractivity contribution in [2.24, 2.45) is 0 Å². The molecule has 0 aliphatic rings. The van der Waals surface area contributed by atoms with Crippen LogP contribution < -0.4 is 4.74 Å². The van der Waals surface area contributed by atoms with Crippen molar-refractivity contribution >= 4 is 40.8 Å². The van der Waals surface area contributed by atoms with Gasteiger partial charge in [0.25, 0.3) is 0 Å². The van der Waals surface area contributed by atoms with Crippen molar-refractivity contribution in [1.82, 2.24) is 0 Å². The summed E-state index contributed by atoms with van der Waals surface area (Å²) in [4.78, 5) is 12.1. The number of benzene rings is 2. The maximum atomic E-state index is 12.1. The third-order valence-electron chi connectivity index (χ3n) is 3.41. The summed E-state index contributed by atoms with van der Waals surface area (Å²) in [6.45, 7) is 0.181. The SMILES string of the molecule is O=C(OCc1ccc(Cl)cc1Cl)c1ccc(COc2cccc(Cl)c2)o1. The first-order valence-corrected chi connectivity index (χ1v) is 8.73.